The number of aliphatic hydroxyl groups excluding tert-OH is 1. The maximum absolute atomic E-state index is 13.7. The quantitative estimate of drug-likeness (QED) is 0.141. The van der Waals surface area contributed by atoms with Crippen molar-refractivity contribution in [2.45, 2.75) is 57.7 Å². The molecule has 42 heavy (non-hydrogen) atoms. The number of rotatable bonds is 13. The van der Waals surface area contributed by atoms with E-state index in [-0.39, 0.29) is 18.5 Å². The maximum atomic E-state index is 13.7. The molecule has 3 atom stereocenters. The van der Waals surface area contributed by atoms with Crippen LogP contribution in [0.4, 0.5) is 11.4 Å². The zero-order valence-electron chi connectivity index (χ0n) is 24.3. The number of amides is 1. The van der Waals surface area contributed by atoms with Gasteiger partial charge in [0, 0.05) is 41.9 Å². The van der Waals surface area contributed by atoms with Crippen LogP contribution < -0.4 is 20.3 Å². The minimum Gasteiger partial charge on any atom is -0.390 e. The predicted molar refractivity (Wildman–Crippen MR) is 175 cm³/mol. The first-order chi connectivity index (χ1) is 20.1. The van der Waals surface area contributed by atoms with Crippen molar-refractivity contribution in [2.75, 3.05) is 35.0 Å². The van der Waals surface area contributed by atoms with Crippen LogP contribution in [0.1, 0.15) is 48.2 Å². The minimum atomic E-state index is -2.95. The van der Waals surface area contributed by atoms with E-state index in [0.717, 1.165) is 36.1 Å². The van der Waals surface area contributed by atoms with Gasteiger partial charge in [0.1, 0.15) is 0 Å². The van der Waals surface area contributed by atoms with Gasteiger partial charge >= 0.3 is 0 Å². The zero-order valence-corrected chi connectivity index (χ0v) is 25.9. The fourth-order valence-corrected chi connectivity index (χ4v) is 7.14. The van der Waals surface area contributed by atoms with Crippen molar-refractivity contribution in [3.05, 3.63) is 94.5 Å². The van der Waals surface area contributed by atoms with E-state index in [2.05, 4.69) is 22.9 Å². The molecule has 3 aromatic rings. The zero-order chi connectivity index (χ0) is 30.1. The van der Waals surface area contributed by atoms with E-state index < -0.39 is 22.9 Å². The number of carbonyl (C=O) groups excluding carboxylic acids is 1. The number of nitrogens with one attached hydrogen (secondary N) is 3. The van der Waals surface area contributed by atoms with E-state index in [1.165, 1.54) is 0 Å². The van der Waals surface area contributed by atoms with Crippen molar-refractivity contribution in [1.29, 1.82) is 0 Å². The number of hydrogen-bond donors (Lipinski definition) is 6. The van der Waals surface area contributed by atoms with Gasteiger partial charge < -0.3 is 21.1 Å². The van der Waals surface area contributed by atoms with E-state index in [4.69, 9.17) is 11.6 Å². The summed E-state index contributed by atoms with van der Waals surface area (Å²) in [6.45, 7) is 5.46. The molecular weight excluding hydrogens is 572 g/mol. The third-order valence-electron chi connectivity index (χ3n) is 7.42. The Morgan fingerprint density at radius 1 is 1.00 bits per heavy atom. The van der Waals surface area contributed by atoms with E-state index in [9.17, 15) is 19.0 Å². The Morgan fingerprint density at radius 3 is 2.48 bits per heavy atom. The van der Waals surface area contributed by atoms with Gasteiger partial charge in [0.15, 0.2) is 0 Å². The van der Waals surface area contributed by atoms with Gasteiger partial charge in [-0.1, -0.05) is 54.1 Å². The van der Waals surface area contributed by atoms with Crippen LogP contribution in [-0.2, 0) is 12.8 Å². The van der Waals surface area contributed by atoms with Crippen molar-refractivity contribution in [1.82, 2.24) is 10.6 Å². The molecule has 1 aliphatic rings. The lowest BCUT2D eigenvalue weighted by molar-refractivity contribution is 0.0826. The molecule has 1 fully saturated rings. The van der Waals surface area contributed by atoms with E-state index in [0.29, 0.717) is 41.5 Å². The number of aliphatic hydroxyl groups is 1. The lowest BCUT2D eigenvalue weighted by Crippen LogP contribution is -2.50. The molecule has 0 aromatic heterocycles. The first-order valence-electron chi connectivity index (χ1n) is 14.6. The van der Waals surface area contributed by atoms with Crippen molar-refractivity contribution >= 4 is 39.7 Å². The molecule has 1 aliphatic heterocycles. The maximum Gasteiger partial charge on any atom is 0.251 e. The third kappa shape index (κ3) is 9.10. The minimum absolute atomic E-state index is 0.0785. The molecule has 0 spiro atoms. The predicted octanol–water partition coefficient (Wildman–Crippen LogP) is 5.96. The number of nitrogens with zero attached hydrogens (tertiary/aromatic N) is 1. The van der Waals surface area contributed by atoms with Gasteiger partial charge in [-0.3, -0.25) is 18.2 Å². The first kappa shape index (κ1) is 32.1. The summed E-state index contributed by atoms with van der Waals surface area (Å²) in [5.41, 5.74) is 3.80. The van der Waals surface area contributed by atoms with Crippen LogP contribution in [0.2, 0.25) is 5.02 Å². The van der Waals surface area contributed by atoms with Crippen LogP contribution in [0.25, 0.3) is 0 Å². The molecule has 0 saturated carbocycles. The van der Waals surface area contributed by atoms with Crippen molar-refractivity contribution < 1.29 is 19.0 Å². The van der Waals surface area contributed by atoms with Gasteiger partial charge in [-0.2, -0.15) is 0 Å². The monoisotopic (exact) mass is 614 g/mol. The Balaban J connectivity index is 1.51. The summed E-state index contributed by atoms with van der Waals surface area (Å²) >= 11 is 6.14. The summed E-state index contributed by atoms with van der Waals surface area (Å²) in [7, 11) is -2.95. The highest BCUT2D eigenvalue weighted by molar-refractivity contribution is 8.25. The SMILES string of the molecule is CCNc1cc(C(=O)NC(Cc2ccccc2)C(O)CNC(C)Cc2cccc(Cl)c2)cc(N2CCCCS2(O)O)c1. The molecule has 228 valence electrons. The topological polar surface area (TPSA) is 117 Å². The highest BCUT2D eigenvalue weighted by Crippen LogP contribution is 2.50. The van der Waals surface area contributed by atoms with Gasteiger partial charge in [-0.05, 0) is 81.0 Å². The van der Waals surface area contributed by atoms with Gasteiger partial charge in [0.25, 0.3) is 5.91 Å². The smallest absolute Gasteiger partial charge is 0.251 e. The van der Waals surface area contributed by atoms with Crippen molar-refractivity contribution in [2.24, 2.45) is 0 Å². The Bertz CT molecular complexity index is 1310. The Hall–Kier alpha value is -2.79. The molecule has 6 N–H and O–H groups in total. The van der Waals surface area contributed by atoms with E-state index in [1.807, 2.05) is 67.6 Å². The lowest BCUT2D eigenvalue weighted by Gasteiger charge is -2.47. The Labute approximate surface area is 256 Å². The highest BCUT2D eigenvalue weighted by Gasteiger charge is 2.29. The second-order valence-electron chi connectivity index (χ2n) is 10.9. The normalized spacial score (nSPS) is 17.6. The molecule has 4 rings (SSSR count). The molecular formula is C32H43ClN4O4S. The summed E-state index contributed by atoms with van der Waals surface area (Å²) < 4.78 is 23.1. The molecule has 1 amide bonds. The summed E-state index contributed by atoms with van der Waals surface area (Å²) in [5.74, 6) is -0.0231. The van der Waals surface area contributed by atoms with Gasteiger partial charge in [0.2, 0.25) is 0 Å². The third-order valence-corrected chi connectivity index (χ3v) is 9.59. The number of anilines is 2. The van der Waals surface area contributed by atoms with Gasteiger partial charge in [-0.25, -0.2) is 0 Å². The van der Waals surface area contributed by atoms with E-state index in [1.54, 1.807) is 16.4 Å². The molecule has 0 radical (unpaired) electrons. The summed E-state index contributed by atoms with van der Waals surface area (Å²) in [4.78, 5) is 13.7. The number of hydrogen-bond acceptors (Lipinski definition) is 7. The first-order valence-corrected chi connectivity index (χ1v) is 16.6. The molecule has 10 heteroatoms. The number of halogens is 1. The average molecular weight is 615 g/mol. The molecule has 1 saturated heterocycles. The Morgan fingerprint density at radius 2 is 1.76 bits per heavy atom. The summed E-state index contributed by atoms with van der Waals surface area (Å²) in [6.07, 6.45) is 1.94. The lowest BCUT2D eigenvalue weighted by atomic mass is 9.99. The van der Waals surface area contributed by atoms with E-state index >= 15 is 0 Å². The standard InChI is InChI=1S/C32H43ClN4O4S/c1-3-34-28-19-26(20-29(21-28)37-14-7-8-15-42(37,40)41)32(39)36-30(18-24-10-5-4-6-11-24)31(38)22-35-23(2)16-25-12-9-13-27(33)17-25/h4-6,9-13,17,19-21,23,30-31,34-35,38,40-41H,3,7-8,14-16,18,22H2,1-2H3,(H,36,39). The number of carbonyl (C=O) groups is 1. The van der Waals surface area contributed by atoms with Crippen LogP contribution in [-0.4, -0.2) is 63.7 Å². The Kier molecular flexibility index (Phi) is 11.5. The van der Waals surface area contributed by atoms with Gasteiger partial charge in [0.05, 0.1) is 23.6 Å². The largest absolute Gasteiger partial charge is 0.390 e. The average Bonchev–Trinajstić information content (AvgIpc) is 2.96. The molecule has 8 nitrogen and oxygen atoms in total. The van der Waals surface area contributed by atoms with Gasteiger partial charge in [-0.15, -0.1) is 10.8 Å². The summed E-state index contributed by atoms with van der Waals surface area (Å²) in [6, 6.07) is 22.3. The second-order valence-corrected chi connectivity index (χ2v) is 13.5. The van der Waals surface area contributed by atoms with Crippen molar-refractivity contribution in [3.63, 3.8) is 0 Å². The molecule has 3 unspecified atom stereocenters. The second kappa shape index (κ2) is 15.1. The van der Waals surface area contributed by atoms with Crippen LogP contribution in [0.3, 0.4) is 0 Å². The molecule has 0 bridgehead atoms. The number of benzene rings is 3. The summed E-state index contributed by atoms with van der Waals surface area (Å²) in [5, 5.41) is 21.7. The van der Waals surface area contributed by atoms with Crippen LogP contribution in [0.15, 0.2) is 72.8 Å². The van der Waals surface area contributed by atoms with Crippen LogP contribution >= 0.6 is 22.4 Å². The van der Waals surface area contributed by atoms with Crippen molar-refractivity contribution in [3.8, 4) is 0 Å². The fraction of sp³-hybridized carbons (Fsp3) is 0.406. The fourth-order valence-electron chi connectivity index (χ4n) is 5.25. The highest BCUT2D eigenvalue weighted by atomic mass is 35.5. The molecule has 1 heterocycles. The van der Waals surface area contributed by atoms with Crippen LogP contribution in [0, 0.1) is 0 Å². The molecule has 3 aromatic carbocycles. The van der Waals surface area contributed by atoms with Crippen LogP contribution in [0.5, 0.6) is 0 Å². The molecule has 0 aliphatic carbocycles.